The minimum Gasteiger partial charge on any atom is -0.508 e. The molecule has 9 atom stereocenters. The van der Waals surface area contributed by atoms with E-state index in [1.165, 1.54) is 38.1 Å². The van der Waals surface area contributed by atoms with Gasteiger partial charge in [-0.3, -0.25) is 57.7 Å². The fourth-order valence-electron chi connectivity index (χ4n) is 8.84. The molecule has 18 N–H and O–H groups in total. The maximum Gasteiger partial charge on any atom is 0.326 e. The average Bonchev–Trinajstić information content (AvgIpc) is 3.98. The van der Waals surface area contributed by atoms with Crippen LogP contribution in [0.2, 0.25) is 0 Å². The summed E-state index contributed by atoms with van der Waals surface area (Å²) in [4.78, 5) is 164. The van der Waals surface area contributed by atoms with Crippen LogP contribution in [-0.4, -0.2) is 175 Å². The van der Waals surface area contributed by atoms with Crippen molar-refractivity contribution in [2.75, 3.05) is 13.1 Å². The van der Waals surface area contributed by atoms with Gasteiger partial charge in [0.15, 0.2) is 5.96 Å². The monoisotopic (exact) mass is 1170 g/mol. The van der Waals surface area contributed by atoms with Crippen LogP contribution in [0.1, 0.15) is 103 Å². The van der Waals surface area contributed by atoms with Gasteiger partial charge in [0.25, 0.3) is 0 Å². The van der Waals surface area contributed by atoms with Crippen LogP contribution >= 0.6 is 0 Å². The van der Waals surface area contributed by atoms with Gasteiger partial charge in [0, 0.05) is 38.8 Å². The largest absolute Gasteiger partial charge is 0.508 e. The van der Waals surface area contributed by atoms with E-state index in [1.807, 2.05) is 0 Å². The second-order valence-electron chi connectivity index (χ2n) is 20.8. The molecule has 0 bridgehead atoms. The zero-order chi connectivity index (χ0) is 62.1. The van der Waals surface area contributed by atoms with E-state index in [-0.39, 0.29) is 69.2 Å². The Morgan fingerprint density at radius 3 is 1.61 bits per heavy atom. The van der Waals surface area contributed by atoms with Crippen molar-refractivity contribution in [1.82, 2.24) is 42.1 Å². The summed E-state index contributed by atoms with van der Waals surface area (Å²) in [6, 6.07) is 0.256. The second kappa shape index (κ2) is 33.8. The Bertz CT molecular complexity index is 2630. The standard InChI is InChI=1S/C54H78N12O17/c1-28(2)24-39(53(82)83)64-46(75)34(18-20-41(68)69)59-51(80)44(29(3)4)65-50(79)40-13-9-23-66(40)52(81)35(19-21-42(70)71)60-49(78)38(27-43(72)73)63-48(77)37(25-30-10-6-5-7-11-30)62-47(76)36(26-31-14-16-32(67)17-15-31)61-45(74)33(55)12-8-22-58-54(56)57/h5-7,10-11,14-17,28-29,33-40,44,67H,8-9,12-13,18-27,55H2,1-4H3,(H,59,80)(H,60,78)(H,61,74)(H,62,76)(H,63,77)(H,64,75)(H,65,79)(H,68,69)(H,70,71)(H,72,73)(H,82,83)(H4,56,57,58)/t33-,34-,35-,36-,37-,38-,39-,40-,44-/m0/s1. The predicted octanol–water partition coefficient (Wildman–Crippen LogP) is -2.07. The summed E-state index contributed by atoms with van der Waals surface area (Å²) < 4.78 is 0. The lowest BCUT2D eigenvalue weighted by molar-refractivity contribution is -0.144. The number of likely N-dealkylation sites (tertiary alicyclic amines) is 1. The molecule has 1 fully saturated rings. The average molecular weight is 1170 g/mol. The van der Waals surface area contributed by atoms with Crippen LogP contribution in [0.5, 0.6) is 5.75 Å². The number of guanidine groups is 1. The summed E-state index contributed by atoms with van der Waals surface area (Å²) in [5.74, 6) is -14.7. The van der Waals surface area contributed by atoms with Crippen LogP contribution in [0.15, 0.2) is 59.6 Å². The van der Waals surface area contributed by atoms with E-state index in [2.05, 4.69) is 42.2 Å². The maximum absolute atomic E-state index is 14.4. The Kier molecular flexibility index (Phi) is 27.8. The smallest absolute Gasteiger partial charge is 0.326 e. The van der Waals surface area contributed by atoms with Gasteiger partial charge in [0.2, 0.25) is 47.3 Å². The van der Waals surface area contributed by atoms with Crippen LogP contribution < -0.4 is 54.4 Å². The van der Waals surface area contributed by atoms with Gasteiger partial charge in [-0.05, 0) is 80.0 Å². The molecule has 29 heteroatoms. The lowest BCUT2D eigenvalue weighted by Crippen LogP contribution is -2.61. The summed E-state index contributed by atoms with van der Waals surface area (Å²) in [6.45, 7) is 6.54. The fraction of sp³-hybridized carbons (Fsp3) is 0.537. The third-order valence-electron chi connectivity index (χ3n) is 13.2. The predicted molar refractivity (Wildman–Crippen MR) is 296 cm³/mol. The molecule has 1 aliphatic rings. The van der Waals surface area contributed by atoms with E-state index in [9.17, 15) is 83.1 Å². The number of nitrogens with two attached hydrogens (primary N) is 3. The van der Waals surface area contributed by atoms with Crippen molar-refractivity contribution in [1.29, 1.82) is 0 Å². The van der Waals surface area contributed by atoms with E-state index in [4.69, 9.17) is 17.2 Å². The maximum atomic E-state index is 14.4. The van der Waals surface area contributed by atoms with E-state index in [0.717, 1.165) is 4.90 Å². The molecule has 1 aliphatic heterocycles. The Morgan fingerprint density at radius 2 is 1.08 bits per heavy atom. The van der Waals surface area contributed by atoms with Gasteiger partial charge in [0.05, 0.1) is 12.5 Å². The Labute approximate surface area is 478 Å². The van der Waals surface area contributed by atoms with E-state index >= 15 is 0 Å². The number of nitrogens with zero attached hydrogens (tertiary/aromatic N) is 2. The highest BCUT2D eigenvalue weighted by Gasteiger charge is 2.41. The number of benzene rings is 2. The van der Waals surface area contributed by atoms with Gasteiger partial charge in [-0.25, -0.2) is 4.79 Å². The molecule has 0 aromatic heterocycles. The number of carbonyl (C=O) groups excluding carboxylic acids is 8. The first-order valence-corrected chi connectivity index (χ1v) is 27.0. The number of nitrogens with one attached hydrogen (secondary N) is 7. The number of aliphatic carboxylic acids is 4. The topological polar surface area (TPSA) is 484 Å². The molecule has 1 heterocycles. The molecule has 0 saturated carbocycles. The van der Waals surface area contributed by atoms with Crippen molar-refractivity contribution < 1.29 is 83.1 Å². The SMILES string of the molecule is CC(C)C[C@H](NC(=O)[C@H](CCC(=O)O)NC(=O)[C@@H](NC(=O)[C@@H]1CCCN1C(=O)[C@H](CCC(=O)O)NC(=O)[C@H](CC(=O)O)NC(=O)[C@H](Cc1ccccc1)NC(=O)[C@H](Cc1ccc(O)cc1)NC(=O)[C@@H](N)CCCN=C(N)N)C(C)C)C(=O)O. The first-order chi connectivity index (χ1) is 39.1. The zero-order valence-corrected chi connectivity index (χ0v) is 46.7. The molecular formula is C54H78N12O17. The number of amides is 8. The zero-order valence-electron chi connectivity index (χ0n) is 46.7. The van der Waals surface area contributed by atoms with Crippen LogP contribution in [0.3, 0.4) is 0 Å². The number of hydrogen-bond acceptors (Lipinski definition) is 15. The summed E-state index contributed by atoms with van der Waals surface area (Å²) >= 11 is 0. The van der Waals surface area contributed by atoms with Crippen LogP contribution in [0.4, 0.5) is 0 Å². The molecule has 83 heavy (non-hydrogen) atoms. The number of carboxylic acids is 4. The Morgan fingerprint density at radius 1 is 0.590 bits per heavy atom. The minimum absolute atomic E-state index is 0.00112. The molecule has 3 rings (SSSR count). The molecule has 0 radical (unpaired) electrons. The fourth-order valence-corrected chi connectivity index (χ4v) is 8.84. The lowest BCUT2D eigenvalue weighted by Gasteiger charge is -2.31. The number of carboxylic acid groups (broad SMARTS) is 4. The molecule has 29 nitrogen and oxygen atoms in total. The second-order valence-corrected chi connectivity index (χ2v) is 20.8. The van der Waals surface area contributed by atoms with Crippen molar-refractivity contribution in [3.05, 3.63) is 65.7 Å². The number of phenolic OH excluding ortho intramolecular Hbond substituents is 1. The Hall–Kier alpha value is -8.89. The molecule has 0 spiro atoms. The van der Waals surface area contributed by atoms with E-state index in [1.54, 1.807) is 44.2 Å². The van der Waals surface area contributed by atoms with Gasteiger partial charge in [-0.15, -0.1) is 0 Å². The van der Waals surface area contributed by atoms with Crippen molar-refractivity contribution >= 4 is 77.1 Å². The van der Waals surface area contributed by atoms with Crippen LogP contribution in [0.25, 0.3) is 0 Å². The molecule has 2 aromatic carbocycles. The van der Waals surface area contributed by atoms with Gasteiger partial charge in [0.1, 0.15) is 54.1 Å². The van der Waals surface area contributed by atoms with Crippen molar-refractivity contribution in [3.8, 4) is 5.75 Å². The number of aromatic hydroxyl groups is 1. The van der Waals surface area contributed by atoms with Crippen molar-refractivity contribution in [2.45, 2.75) is 159 Å². The minimum atomic E-state index is -1.99. The van der Waals surface area contributed by atoms with Gasteiger partial charge >= 0.3 is 23.9 Å². The van der Waals surface area contributed by atoms with Crippen molar-refractivity contribution in [2.24, 2.45) is 34.0 Å². The molecule has 1 saturated heterocycles. The number of hydrogen-bond donors (Lipinski definition) is 15. The first-order valence-electron chi connectivity index (χ1n) is 27.0. The lowest BCUT2D eigenvalue weighted by atomic mass is 10.0. The number of aliphatic imine (C=N–C) groups is 1. The Balaban J connectivity index is 1.91. The molecule has 8 amide bonds. The molecular weight excluding hydrogens is 1090 g/mol. The van der Waals surface area contributed by atoms with E-state index in [0.29, 0.717) is 17.5 Å². The van der Waals surface area contributed by atoms with Crippen molar-refractivity contribution in [3.63, 3.8) is 0 Å². The van der Waals surface area contributed by atoms with E-state index < -0.39 is 164 Å². The molecule has 2 aromatic rings. The third kappa shape index (κ3) is 24.0. The highest BCUT2D eigenvalue weighted by atomic mass is 16.4. The summed E-state index contributed by atoms with van der Waals surface area (Å²) in [5, 5.41) is 65.8. The summed E-state index contributed by atoms with van der Waals surface area (Å²) in [7, 11) is 0. The number of phenols is 1. The highest BCUT2D eigenvalue weighted by molar-refractivity contribution is 5.99. The summed E-state index contributed by atoms with van der Waals surface area (Å²) in [6.07, 6.45) is -3.35. The van der Waals surface area contributed by atoms with Crippen LogP contribution in [0, 0.1) is 11.8 Å². The number of carbonyl (C=O) groups is 12. The number of rotatable bonds is 35. The summed E-state index contributed by atoms with van der Waals surface area (Å²) in [5.41, 5.74) is 17.9. The molecule has 0 unspecified atom stereocenters. The van der Waals surface area contributed by atoms with Gasteiger partial charge in [-0.1, -0.05) is 70.2 Å². The van der Waals surface area contributed by atoms with Gasteiger partial charge in [-0.2, -0.15) is 0 Å². The quantitative estimate of drug-likeness (QED) is 0.0200. The van der Waals surface area contributed by atoms with Crippen LogP contribution in [-0.2, 0) is 70.4 Å². The normalized spacial score (nSPS) is 15.8. The highest BCUT2D eigenvalue weighted by Crippen LogP contribution is 2.22. The van der Waals surface area contributed by atoms with Gasteiger partial charge < -0.3 is 84.9 Å². The molecule has 456 valence electrons. The molecule has 0 aliphatic carbocycles. The first kappa shape index (κ1) is 68.4. The third-order valence-corrected chi connectivity index (χ3v) is 13.2.